The third kappa shape index (κ3) is 2.71. The number of aromatic nitrogens is 1. The first kappa shape index (κ1) is 13.9. The van der Waals surface area contributed by atoms with E-state index in [0.717, 1.165) is 5.56 Å². The van der Waals surface area contributed by atoms with E-state index < -0.39 is 5.91 Å². The van der Waals surface area contributed by atoms with Crippen molar-refractivity contribution >= 4 is 11.7 Å². The molecule has 20 heavy (non-hydrogen) atoms. The van der Waals surface area contributed by atoms with Crippen molar-refractivity contribution in [3.63, 3.8) is 0 Å². The molecule has 1 amide bonds. The molecule has 0 fully saturated rings. The SMILES string of the molecule is Cc1nc(N)c(C(N)=O)c(C)c1OCc1ccccc1. The molecule has 0 aliphatic rings. The quantitative estimate of drug-likeness (QED) is 0.889. The summed E-state index contributed by atoms with van der Waals surface area (Å²) in [6, 6.07) is 9.74. The highest BCUT2D eigenvalue weighted by atomic mass is 16.5. The second-order valence-electron chi connectivity index (χ2n) is 4.55. The Hall–Kier alpha value is -2.56. The minimum atomic E-state index is -0.600. The van der Waals surface area contributed by atoms with Gasteiger partial charge in [-0.05, 0) is 19.4 Å². The van der Waals surface area contributed by atoms with Crippen LogP contribution >= 0.6 is 0 Å². The normalized spacial score (nSPS) is 10.3. The van der Waals surface area contributed by atoms with Gasteiger partial charge in [0.2, 0.25) is 0 Å². The van der Waals surface area contributed by atoms with Gasteiger partial charge in [0.15, 0.2) is 0 Å². The highest BCUT2D eigenvalue weighted by Gasteiger charge is 2.18. The fourth-order valence-corrected chi connectivity index (χ4v) is 2.12. The molecule has 0 bridgehead atoms. The molecule has 1 aromatic heterocycles. The van der Waals surface area contributed by atoms with E-state index in [0.29, 0.717) is 23.6 Å². The molecule has 2 aromatic rings. The van der Waals surface area contributed by atoms with Crippen LogP contribution < -0.4 is 16.2 Å². The summed E-state index contributed by atoms with van der Waals surface area (Å²) in [7, 11) is 0. The zero-order chi connectivity index (χ0) is 14.7. The molecule has 0 spiro atoms. The van der Waals surface area contributed by atoms with Crippen LogP contribution in [0.4, 0.5) is 5.82 Å². The third-order valence-electron chi connectivity index (χ3n) is 3.06. The molecule has 104 valence electrons. The molecule has 5 heteroatoms. The molecular formula is C15H17N3O2. The van der Waals surface area contributed by atoms with Crippen LogP contribution in [0.2, 0.25) is 0 Å². The molecule has 0 aliphatic heterocycles. The van der Waals surface area contributed by atoms with Crippen LogP contribution in [0.15, 0.2) is 30.3 Å². The number of anilines is 1. The molecule has 0 atom stereocenters. The predicted molar refractivity (Wildman–Crippen MR) is 77.4 cm³/mol. The van der Waals surface area contributed by atoms with E-state index in [9.17, 15) is 4.79 Å². The number of hydrogen-bond donors (Lipinski definition) is 2. The molecule has 4 N–H and O–H groups in total. The zero-order valence-corrected chi connectivity index (χ0v) is 11.5. The van der Waals surface area contributed by atoms with Gasteiger partial charge in [-0.25, -0.2) is 4.98 Å². The number of nitrogen functional groups attached to an aromatic ring is 1. The number of pyridine rings is 1. The largest absolute Gasteiger partial charge is 0.487 e. The van der Waals surface area contributed by atoms with Crippen molar-refractivity contribution in [3.05, 3.63) is 52.7 Å². The van der Waals surface area contributed by atoms with Crippen molar-refractivity contribution in [3.8, 4) is 5.75 Å². The van der Waals surface area contributed by atoms with Gasteiger partial charge in [0.1, 0.15) is 18.2 Å². The Labute approximate surface area is 117 Å². The number of aryl methyl sites for hydroxylation is 1. The molecule has 0 saturated carbocycles. The van der Waals surface area contributed by atoms with Gasteiger partial charge in [-0.15, -0.1) is 0 Å². The van der Waals surface area contributed by atoms with Gasteiger partial charge in [0, 0.05) is 5.56 Å². The number of amides is 1. The van der Waals surface area contributed by atoms with E-state index in [1.165, 1.54) is 0 Å². The van der Waals surface area contributed by atoms with Gasteiger partial charge in [0.25, 0.3) is 5.91 Å². The van der Waals surface area contributed by atoms with Crippen LogP contribution in [0.5, 0.6) is 5.75 Å². The molecule has 0 saturated heterocycles. The lowest BCUT2D eigenvalue weighted by Gasteiger charge is -2.15. The minimum Gasteiger partial charge on any atom is -0.487 e. The van der Waals surface area contributed by atoms with Gasteiger partial charge in [-0.1, -0.05) is 30.3 Å². The van der Waals surface area contributed by atoms with Gasteiger partial charge < -0.3 is 16.2 Å². The highest BCUT2D eigenvalue weighted by Crippen LogP contribution is 2.28. The molecule has 0 unspecified atom stereocenters. The first-order valence-electron chi connectivity index (χ1n) is 6.24. The molecule has 0 radical (unpaired) electrons. The Balaban J connectivity index is 2.32. The third-order valence-corrected chi connectivity index (χ3v) is 3.06. The van der Waals surface area contributed by atoms with E-state index >= 15 is 0 Å². The van der Waals surface area contributed by atoms with Crippen LogP contribution in [0.25, 0.3) is 0 Å². The number of rotatable bonds is 4. The van der Waals surface area contributed by atoms with Gasteiger partial charge in [-0.2, -0.15) is 0 Å². The number of benzene rings is 1. The monoisotopic (exact) mass is 271 g/mol. The highest BCUT2D eigenvalue weighted by molar-refractivity contribution is 5.99. The molecule has 0 aliphatic carbocycles. The van der Waals surface area contributed by atoms with Gasteiger partial charge >= 0.3 is 0 Å². The topological polar surface area (TPSA) is 91.2 Å². The van der Waals surface area contributed by atoms with Crippen LogP contribution in [0.1, 0.15) is 27.2 Å². The van der Waals surface area contributed by atoms with Crippen molar-refractivity contribution < 1.29 is 9.53 Å². The lowest BCUT2D eigenvalue weighted by molar-refractivity contribution is 0.0999. The number of carbonyl (C=O) groups is 1. The Morgan fingerprint density at radius 3 is 2.50 bits per heavy atom. The number of nitrogens with zero attached hydrogens (tertiary/aromatic N) is 1. The summed E-state index contributed by atoms with van der Waals surface area (Å²) < 4.78 is 5.77. The number of ether oxygens (including phenoxy) is 1. The van der Waals surface area contributed by atoms with E-state index in [2.05, 4.69) is 4.98 Å². The van der Waals surface area contributed by atoms with E-state index in [1.54, 1.807) is 13.8 Å². The molecule has 5 nitrogen and oxygen atoms in total. The molecule has 1 heterocycles. The van der Waals surface area contributed by atoms with Crippen LogP contribution in [0, 0.1) is 13.8 Å². The van der Waals surface area contributed by atoms with Gasteiger partial charge in [-0.3, -0.25) is 4.79 Å². The number of nitrogens with two attached hydrogens (primary N) is 2. The Kier molecular flexibility index (Phi) is 3.89. The van der Waals surface area contributed by atoms with Crippen molar-refractivity contribution in [2.45, 2.75) is 20.5 Å². The summed E-state index contributed by atoms with van der Waals surface area (Å²) in [6.07, 6.45) is 0. The Bertz CT molecular complexity index is 639. The molecule has 1 aromatic carbocycles. The van der Waals surface area contributed by atoms with E-state index in [1.807, 2.05) is 30.3 Å². The minimum absolute atomic E-state index is 0.138. The summed E-state index contributed by atoms with van der Waals surface area (Å²) in [6.45, 7) is 3.94. The molecule has 2 rings (SSSR count). The second kappa shape index (κ2) is 5.61. The lowest BCUT2D eigenvalue weighted by atomic mass is 10.1. The summed E-state index contributed by atoms with van der Waals surface area (Å²) in [5, 5.41) is 0. The lowest BCUT2D eigenvalue weighted by Crippen LogP contribution is -2.18. The maximum atomic E-state index is 11.4. The number of primary amides is 1. The summed E-state index contributed by atoms with van der Waals surface area (Å²) >= 11 is 0. The summed E-state index contributed by atoms with van der Waals surface area (Å²) in [5.41, 5.74) is 13.6. The molecular weight excluding hydrogens is 254 g/mol. The maximum absolute atomic E-state index is 11.4. The first-order valence-corrected chi connectivity index (χ1v) is 6.24. The second-order valence-corrected chi connectivity index (χ2v) is 4.55. The Morgan fingerprint density at radius 2 is 1.90 bits per heavy atom. The van der Waals surface area contributed by atoms with Crippen molar-refractivity contribution in [1.82, 2.24) is 4.98 Å². The number of carbonyl (C=O) groups excluding carboxylic acids is 1. The van der Waals surface area contributed by atoms with Gasteiger partial charge in [0.05, 0.1) is 11.3 Å². The van der Waals surface area contributed by atoms with Crippen molar-refractivity contribution in [1.29, 1.82) is 0 Å². The van der Waals surface area contributed by atoms with Crippen LogP contribution in [-0.4, -0.2) is 10.9 Å². The summed E-state index contributed by atoms with van der Waals surface area (Å²) in [5.74, 6) is 0.0912. The fourth-order valence-electron chi connectivity index (χ4n) is 2.12. The van der Waals surface area contributed by atoms with Crippen molar-refractivity contribution in [2.75, 3.05) is 5.73 Å². The average Bonchev–Trinajstić information content (AvgIpc) is 2.38. The average molecular weight is 271 g/mol. The predicted octanol–water partition coefficient (Wildman–Crippen LogP) is 1.96. The zero-order valence-electron chi connectivity index (χ0n) is 11.5. The van der Waals surface area contributed by atoms with Crippen LogP contribution in [0.3, 0.4) is 0 Å². The van der Waals surface area contributed by atoms with Crippen molar-refractivity contribution in [2.24, 2.45) is 5.73 Å². The van der Waals surface area contributed by atoms with E-state index in [4.69, 9.17) is 16.2 Å². The number of hydrogen-bond acceptors (Lipinski definition) is 4. The summed E-state index contributed by atoms with van der Waals surface area (Å²) in [4.78, 5) is 15.5. The van der Waals surface area contributed by atoms with Crippen LogP contribution in [-0.2, 0) is 6.61 Å². The first-order chi connectivity index (χ1) is 9.50. The Morgan fingerprint density at radius 1 is 1.25 bits per heavy atom. The van der Waals surface area contributed by atoms with E-state index in [-0.39, 0.29) is 11.4 Å². The standard InChI is InChI=1S/C15H17N3O2/c1-9-12(15(17)19)14(16)18-10(2)13(9)20-8-11-6-4-3-5-7-11/h3-7H,8H2,1-2H3,(H2,16,18)(H2,17,19). The fraction of sp³-hybridized carbons (Fsp3) is 0.200. The maximum Gasteiger partial charge on any atom is 0.252 e. The smallest absolute Gasteiger partial charge is 0.252 e.